The van der Waals surface area contributed by atoms with Crippen molar-refractivity contribution in [3.05, 3.63) is 83.8 Å². The number of pyridine rings is 2. The van der Waals surface area contributed by atoms with Gasteiger partial charge in [0.2, 0.25) is 5.91 Å². The number of benzene rings is 1. The molecule has 1 saturated heterocycles. The van der Waals surface area contributed by atoms with Gasteiger partial charge in [-0.1, -0.05) is 30.3 Å². The summed E-state index contributed by atoms with van der Waals surface area (Å²) in [6.07, 6.45) is 6.92. The molecule has 1 aliphatic rings. The molecule has 1 fully saturated rings. The average Bonchev–Trinajstić information content (AvgIpc) is 3.30. The number of nitrogens with zero attached hydrogens (tertiary/aromatic N) is 6. The number of hydrogen-bond acceptors (Lipinski definition) is 8. The summed E-state index contributed by atoms with van der Waals surface area (Å²) >= 11 is 0. The fourth-order valence-corrected chi connectivity index (χ4v) is 4.85. The Morgan fingerprint density at radius 3 is 2.59 bits per heavy atom. The molecule has 0 atom stereocenters. The van der Waals surface area contributed by atoms with Gasteiger partial charge in [-0.25, -0.2) is 9.50 Å². The predicted molar refractivity (Wildman–Crippen MR) is 152 cm³/mol. The lowest BCUT2D eigenvalue weighted by Gasteiger charge is -2.35. The van der Waals surface area contributed by atoms with Gasteiger partial charge in [-0.2, -0.15) is 5.26 Å². The molecule has 196 valence electrons. The SMILES string of the molecule is CN/C=C(\C=N)c1cc(-c2ccc(N3CCN(C(=O)Cc4ccccc4)CC3)nc2)c2c(C#N)c(N)nn2c1. The highest BCUT2D eigenvalue weighted by Gasteiger charge is 2.23. The second-order valence-corrected chi connectivity index (χ2v) is 9.28. The van der Waals surface area contributed by atoms with E-state index in [0.717, 1.165) is 28.1 Å². The van der Waals surface area contributed by atoms with Crippen LogP contribution < -0.4 is 16.0 Å². The Labute approximate surface area is 226 Å². The maximum atomic E-state index is 12.7. The fraction of sp³-hybridized carbons (Fsp3) is 0.207. The third-order valence-electron chi connectivity index (χ3n) is 6.87. The summed E-state index contributed by atoms with van der Waals surface area (Å²) in [4.78, 5) is 21.5. The highest BCUT2D eigenvalue weighted by Crippen LogP contribution is 2.32. The lowest BCUT2D eigenvalue weighted by atomic mass is 10.0. The number of nitrogens with one attached hydrogen (secondary N) is 2. The molecule has 10 heteroatoms. The topological polar surface area (TPSA) is 139 Å². The van der Waals surface area contributed by atoms with Crippen LogP contribution in [0.2, 0.25) is 0 Å². The van der Waals surface area contributed by atoms with Crippen LogP contribution in [0, 0.1) is 16.7 Å². The largest absolute Gasteiger partial charge is 0.393 e. The molecule has 0 radical (unpaired) electrons. The zero-order chi connectivity index (χ0) is 27.4. The molecule has 0 saturated carbocycles. The Balaban J connectivity index is 1.38. The van der Waals surface area contributed by atoms with E-state index in [9.17, 15) is 10.1 Å². The number of amides is 1. The molecule has 10 nitrogen and oxygen atoms in total. The van der Waals surface area contributed by atoms with Crippen LogP contribution in [0.15, 0.2) is 67.1 Å². The molecular formula is C29H29N9O. The number of nitrogen functional groups attached to an aromatic ring is 1. The van der Waals surface area contributed by atoms with Crippen molar-refractivity contribution >= 4 is 34.8 Å². The van der Waals surface area contributed by atoms with E-state index in [2.05, 4.69) is 21.4 Å². The van der Waals surface area contributed by atoms with E-state index >= 15 is 0 Å². The monoisotopic (exact) mass is 519 g/mol. The van der Waals surface area contributed by atoms with Gasteiger partial charge in [-0.15, -0.1) is 5.10 Å². The number of fused-ring (bicyclic) bond motifs is 1. The summed E-state index contributed by atoms with van der Waals surface area (Å²) in [5.41, 5.74) is 10.9. The van der Waals surface area contributed by atoms with Gasteiger partial charge >= 0.3 is 0 Å². The maximum Gasteiger partial charge on any atom is 0.227 e. The minimum absolute atomic E-state index is 0.137. The van der Waals surface area contributed by atoms with Gasteiger partial charge in [0.1, 0.15) is 17.5 Å². The first kappa shape index (κ1) is 25.5. The van der Waals surface area contributed by atoms with Crippen molar-refractivity contribution in [3.63, 3.8) is 0 Å². The number of carbonyl (C=O) groups excluding carboxylic acids is 1. The third-order valence-corrected chi connectivity index (χ3v) is 6.87. The van der Waals surface area contributed by atoms with Gasteiger partial charge in [0.15, 0.2) is 5.82 Å². The lowest BCUT2D eigenvalue weighted by molar-refractivity contribution is -0.130. The van der Waals surface area contributed by atoms with Crippen molar-refractivity contribution < 1.29 is 4.79 Å². The smallest absolute Gasteiger partial charge is 0.227 e. The average molecular weight is 520 g/mol. The molecule has 39 heavy (non-hydrogen) atoms. The van der Waals surface area contributed by atoms with E-state index in [-0.39, 0.29) is 11.7 Å². The normalized spacial score (nSPS) is 13.8. The van der Waals surface area contributed by atoms with Crippen LogP contribution in [-0.2, 0) is 11.2 Å². The molecular weight excluding hydrogens is 490 g/mol. The quantitative estimate of drug-likeness (QED) is 0.319. The standard InChI is InChI=1S/C29H29N9O/c1-33-17-23(15-30)22-14-24(28-25(16-31)29(32)35-38(28)19-22)21-7-8-26(34-18-21)36-9-11-37(12-10-36)27(39)13-20-5-3-2-4-6-20/h2-8,14-15,17-19,30,33H,9-13H2,1H3,(H2,32,35)/b23-17+,30-15?. The summed E-state index contributed by atoms with van der Waals surface area (Å²) in [7, 11) is 1.77. The van der Waals surface area contributed by atoms with E-state index in [1.54, 1.807) is 30.2 Å². The van der Waals surface area contributed by atoms with Crippen LogP contribution in [0.5, 0.6) is 0 Å². The minimum atomic E-state index is 0.137. The Bertz CT molecular complexity index is 1580. The Morgan fingerprint density at radius 1 is 1.18 bits per heavy atom. The number of piperazine rings is 1. The number of rotatable bonds is 7. The Hall–Kier alpha value is -5.17. The number of nitrogens with two attached hydrogens (primary N) is 1. The van der Waals surface area contributed by atoms with Crippen molar-refractivity contribution in [1.82, 2.24) is 24.8 Å². The van der Waals surface area contributed by atoms with Crippen LogP contribution in [0.4, 0.5) is 11.6 Å². The Morgan fingerprint density at radius 2 is 1.95 bits per heavy atom. The summed E-state index contributed by atoms with van der Waals surface area (Å²) in [5, 5.41) is 24.9. The van der Waals surface area contributed by atoms with Gasteiger partial charge in [-0.05, 0) is 23.8 Å². The fourth-order valence-electron chi connectivity index (χ4n) is 4.85. The minimum Gasteiger partial charge on any atom is -0.393 e. The van der Waals surface area contributed by atoms with Crippen molar-refractivity contribution in [2.75, 3.05) is 43.9 Å². The zero-order valence-corrected chi connectivity index (χ0v) is 21.6. The van der Waals surface area contributed by atoms with Crippen molar-refractivity contribution in [3.8, 4) is 17.2 Å². The molecule has 0 aliphatic carbocycles. The second-order valence-electron chi connectivity index (χ2n) is 9.28. The molecule has 1 amide bonds. The molecule has 4 N–H and O–H groups in total. The van der Waals surface area contributed by atoms with E-state index in [1.165, 1.54) is 6.21 Å². The van der Waals surface area contributed by atoms with Gasteiger partial charge < -0.3 is 26.3 Å². The summed E-state index contributed by atoms with van der Waals surface area (Å²) in [6, 6.07) is 17.8. The second kappa shape index (κ2) is 11.1. The van der Waals surface area contributed by atoms with E-state index in [4.69, 9.17) is 16.1 Å². The highest BCUT2D eigenvalue weighted by molar-refractivity contribution is 6.09. The van der Waals surface area contributed by atoms with Crippen LogP contribution in [0.25, 0.3) is 22.2 Å². The summed E-state index contributed by atoms with van der Waals surface area (Å²) in [5.74, 6) is 1.11. The van der Waals surface area contributed by atoms with Gasteiger partial charge in [0.05, 0.1) is 11.9 Å². The van der Waals surface area contributed by atoms with Crippen LogP contribution in [-0.4, -0.2) is 64.8 Å². The van der Waals surface area contributed by atoms with E-state index in [0.29, 0.717) is 49.3 Å². The van der Waals surface area contributed by atoms with Gasteiger partial charge in [0, 0.05) is 80.3 Å². The molecule has 5 rings (SSSR count). The zero-order valence-electron chi connectivity index (χ0n) is 21.6. The van der Waals surface area contributed by atoms with Gasteiger partial charge in [0.25, 0.3) is 0 Å². The summed E-state index contributed by atoms with van der Waals surface area (Å²) < 4.78 is 1.59. The molecule has 0 bridgehead atoms. The molecule has 4 heterocycles. The highest BCUT2D eigenvalue weighted by atomic mass is 16.2. The lowest BCUT2D eigenvalue weighted by Crippen LogP contribution is -2.49. The number of aromatic nitrogens is 3. The summed E-state index contributed by atoms with van der Waals surface area (Å²) in [6.45, 7) is 2.68. The van der Waals surface area contributed by atoms with Crippen molar-refractivity contribution in [2.45, 2.75) is 6.42 Å². The Kier molecular flexibility index (Phi) is 7.23. The van der Waals surface area contributed by atoms with Crippen LogP contribution >= 0.6 is 0 Å². The number of carbonyl (C=O) groups is 1. The first-order valence-corrected chi connectivity index (χ1v) is 12.7. The molecule has 4 aromatic rings. The predicted octanol–water partition coefficient (Wildman–Crippen LogP) is 2.95. The number of anilines is 2. The van der Waals surface area contributed by atoms with Crippen LogP contribution in [0.3, 0.4) is 0 Å². The molecule has 0 unspecified atom stereocenters. The number of allylic oxidation sites excluding steroid dienone is 1. The van der Waals surface area contributed by atoms with Crippen molar-refractivity contribution in [1.29, 1.82) is 10.7 Å². The number of nitriles is 1. The molecule has 1 aliphatic heterocycles. The van der Waals surface area contributed by atoms with E-state index < -0.39 is 0 Å². The molecule has 0 spiro atoms. The van der Waals surface area contributed by atoms with Gasteiger partial charge in [-0.3, -0.25) is 4.79 Å². The first-order valence-electron chi connectivity index (χ1n) is 12.7. The van der Waals surface area contributed by atoms with Crippen molar-refractivity contribution in [2.24, 2.45) is 0 Å². The first-order chi connectivity index (χ1) is 19.0. The third kappa shape index (κ3) is 5.15. The molecule has 1 aromatic carbocycles. The number of hydrogen-bond donors (Lipinski definition) is 3. The van der Waals surface area contributed by atoms with Crippen LogP contribution in [0.1, 0.15) is 16.7 Å². The maximum absolute atomic E-state index is 12.7. The molecule has 3 aromatic heterocycles. The van der Waals surface area contributed by atoms with E-state index in [1.807, 2.05) is 53.4 Å².